The number of aliphatic carboxylic acids is 1. The van der Waals surface area contributed by atoms with Crippen LogP contribution in [0.2, 0.25) is 0 Å². The molecular formula is C21H40N8O6S. The van der Waals surface area contributed by atoms with Gasteiger partial charge < -0.3 is 44.0 Å². The van der Waals surface area contributed by atoms with E-state index in [1.165, 1.54) is 11.8 Å². The Bertz CT molecular complexity index is 790. The largest absolute Gasteiger partial charge is 0.480 e. The molecule has 0 aliphatic heterocycles. The third-order valence-corrected chi connectivity index (χ3v) is 5.73. The predicted molar refractivity (Wildman–Crippen MR) is 138 cm³/mol. The van der Waals surface area contributed by atoms with E-state index in [0.717, 1.165) is 0 Å². The zero-order valence-corrected chi connectivity index (χ0v) is 21.8. The van der Waals surface area contributed by atoms with E-state index in [1.807, 2.05) is 6.26 Å². The van der Waals surface area contributed by atoms with Gasteiger partial charge in [-0.15, -0.1) is 0 Å². The molecule has 0 aromatic carbocycles. The summed E-state index contributed by atoms with van der Waals surface area (Å²) in [5.74, 6) is -3.93. The molecule has 0 saturated heterocycles. The zero-order valence-electron chi connectivity index (χ0n) is 21.0. The lowest BCUT2D eigenvalue weighted by molar-refractivity contribution is -0.143. The maximum Gasteiger partial charge on any atom is 0.326 e. The number of thioether (sulfide) groups is 1. The summed E-state index contributed by atoms with van der Waals surface area (Å²) in [4.78, 5) is 64.9. The number of carboxylic acid groups (broad SMARTS) is 1. The molecule has 4 amide bonds. The van der Waals surface area contributed by atoms with E-state index in [9.17, 15) is 29.1 Å². The molecule has 0 aromatic heterocycles. The van der Waals surface area contributed by atoms with Crippen LogP contribution in [-0.4, -0.2) is 83.4 Å². The van der Waals surface area contributed by atoms with Gasteiger partial charge in [0.25, 0.3) is 0 Å². The number of amides is 4. The number of carboxylic acids is 1. The minimum absolute atomic E-state index is 0.0696. The Morgan fingerprint density at radius 3 is 1.94 bits per heavy atom. The van der Waals surface area contributed by atoms with Gasteiger partial charge in [-0.2, -0.15) is 11.8 Å². The maximum absolute atomic E-state index is 13.0. The monoisotopic (exact) mass is 532 g/mol. The molecule has 0 aliphatic rings. The van der Waals surface area contributed by atoms with Gasteiger partial charge in [0, 0.05) is 13.0 Å². The number of hydrogen-bond acceptors (Lipinski definition) is 8. The molecule has 0 radical (unpaired) electrons. The molecule has 12 N–H and O–H groups in total. The van der Waals surface area contributed by atoms with Gasteiger partial charge in [0.1, 0.15) is 18.1 Å². The van der Waals surface area contributed by atoms with Crippen molar-refractivity contribution in [3.8, 4) is 0 Å². The van der Waals surface area contributed by atoms with Crippen LogP contribution < -0.4 is 38.9 Å². The molecule has 4 unspecified atom stereocenters. The van der Waals surface area contributed by atoms with Crippen molar-refractivity contribution in [2.75, 3.05) is 18.6 Å². The van der Waals surface area contributed by atoms with E-state index in [2.05, 4.69) is 20.9 Å². The molecule has 0 fully saturated rings. The number of carbonyl (C=O) groups is 5. The Hall–Kier alpha value is -3.07. The lowest BCUT2D eigenvalue weighted by Gasteiger charge is -2.26. The van der Waals surface area contributed by atoms with Crippen molar-refractivity contribution in [2.24, 2.45) is 33.8 Å². The Kier molecular flexibility index (Phi) is 15.9. The third-order valence-electron chi connectivity index (χ3n) is 5.09. The van der Waals surface area contributed by atoms with E-state index in [-0.39, 0.29) is 31.6 Å². The smallest absolute Gasteiger partial charge is 0.326 e. The first-order valence-corrected chi connectivity index (χ1v) is 12.9. The number of hydrogen-bond donors (Lipinski definition) is 8. The average molecular weight is 533 g/mol. The minimum Gasteiger partial charge on any atom is -0.480 e. The fourth-order valence-corrected chi connectivity index (χ4v) is 3.50. The predicted octanol–water partition coefficient (Wildman–Crippen LogP) is -2.42. The van der Waals surface area contributed by atoms with Gasteiger partial charge >= 0.3 is 5.97 Å². The van der Waals surface area contributed by atoms with Crippen LogP contribution in [0.3, 0.4) is 0 Å². The molecule has 206 valence electrons. The minimum atomic E-state index is -1.24. The van der Waals surface area contributed by atoms with Crippen LogP contribution in [0.1, 0.15) is 46.0 Å². The number of aliphatic imine (C=N–C) groups is 1. The van der Waals surface area contributed by atoms with Crippen LogP contribution in [0, 0.1) is 5.92 Å². The molecule has 0 aromatic rings. The van der Waals surface area contributed by atoms with Gasteiger partial charge in [0.15, 0.2) is 5.96 Å². The van der Waals surface area contributed by atoms with Crippen molar-refractivity contribution in [3.05, 3.63) is 0 Å². The van der Waals surface area contributed by atoms with Crippen LogP contribution in [0.5, 0.6) is 0 Å². The zero-order chi connectivity index (χ0) is 27.8. The molecule has 0 rings (SSSR count). The second-order valence-corrected chi connectivity index (χ2v) is 9.52. The fourth-order valence-electron chi connectivity index (χ4n) is 3.03. The van der Waals surface area contributed by atoms with Gasteiger partial charge in [-0.25, -0.2) is 4.79 Å². The van der Waals surface area contributed by atoms with E-state index >= 15 is 0 Å². The van der Waals surface area contributed by atoms with E-state index in [0.29, 0.717) is 18.7 Å². The summed E-state index contributed by atoms with van der Waals surface area (Å²) in [7, 11) is 0. The third kappa shape index (κ3) is 13.7. The molecule has 0 spiro atoms. The number of nitrogens with two attached hydrogens (primary N) is 4. The molecule has 0 saturated carbocycles. The van der Waals surface area contributed by atoms with Crippen LogP contribution in [0.4, 0.5) is 0 Å². The van der Waals surface area contributed by atoms with E-state index < -0.39 is 59.7 Å². The SMILES string of the molecule is CSCCC(NC(=O)C(N)CCCN=C(N)N)C(=O)NC(CCC(N)=O)C(=O)NC(C(=O)O)C(C)C. The van der Waals surface area contributed by atoms with Crippen LogP contribution in [0.15, 0.2) is 4.99 Å². The standard InChI is InChI=1S/C21H40N8O6S/c1-11(2)16(20(34)35)29-19(33)13(6-7-15(23)30)28-18(32)14(8-10-36-3)27-17(31)12(22)5-4-9-26-21(24)25/h11-14,16H,4-10,22H2,1-3H3,(H2,23,30)(H,27,31)(H,28,32)(H,29,33)(H,34,35)(H4,24,25,26). The van der Waals surface area contributed by atoms with Crippen LogP contribution in [-0.2, 0) is 24.0 Å². The van der Waals surface area contributed by atoms with Gasteiger partial charge in [-0.05, 0) is 43.6 Å². The average Bonchev–Trinajstić information content (AvgIpc) is 2.78. The molecular weight excluding hydrogens is 492 g/mol. The first-order valence-electron chi connectivity index (χ1n) is 11.5. The summed E-state index contributed by atoms with van der Waals surface area (Å²) in [5.41, 5.74) is 21.6. The summed E-state index contributed by atoms with van der Waals surface area (Å²) < 4.78 is 0. The molecule has 4 atom stereocenters. The Balaban J connectivity index is 5.42. The lowest BCUT2D eigenvalue weighted by Crippen LogP contribution is -2.57. The van der Waals surface area contributed by atoms with Crippen molar-refractivity contribution in [1.29, 1.82) is 0 Å². The van der Waals surface area contributed by atoms with Crippen molar-refractivity contribution in [1.82, 2.24) is 16.0 Å². The number of guanidine groups is 1. The molecule has 36 heavy (non-hydrogen) atoms. The molecule has 0 aliphatic carbocycles. The normalized spacial score (nSPS) is 14.1. The van der Waals surface area contributed by atoms with Gasteiger partial charge in [-0.1, -0.05) is 13.8 Å². The summed E-state index contributed by atoms with van der Waals surface area (Å²) in [6.07, 6.45) is 2.42. The van der Waals surface area contributed by atoms with Crippen molar-refractivity contribution >= 4 is 47.3 Å². The maximum atomic E-state index is 13.0. The van der Waals surface area contributed by atoms with Gasteiger partial charge in [-0.3, -0.25) is 24.2 Å². The molecule has 14 nitrogen and oxygen atoms in total. The molecule has 0 bridgehead atoms. The van der Waals surface area contributed by atoms with Crippen molar-refractivity contribution in [3.63, 3.8) is 0 Å². The van der Waals surface area contributed by atoms with Crippen molar-refractivity contribution in [2.45, 2.75) is 70.1 Å². The second-order valence-electron chi connectivity index (χ2n) is 8.53. The highest BCUT2D eigenvalue weighted by Crippen LogP contribution is 2.07. The topological polar surface area (TPSA) is 258 Å². The number of nitrogens with one attached hydrogen (secondary N) is 3. The van der Waals surface area contributed by atoms with Crippen LogP contribution in [0.25, 0.3) is 0 Å². The lowest BCUT2D eigenvalue weighted by atomic mass is 10.0. The molecule has 15 heteroatoms. The summed E-state index contributed by atoms with van der Waals surface area (Å²) in [6.45, 7) is 3.53. The second kappa shape index (κ2) is 17.4. The van der Waals surface area contributed by atoms with E-state index in [1.54, 1.807) is 13.8 Å². The number of rotatable bonds is 18. The highest BCUT2D eigenvalue weighted by Gasteiger charge is 2.31. The fraction of sp³-hybridized carbons (Fsp3) is 0.714. The first-order chi connectivity index (χ1) is 16.8. The van der Waals surface area contributed by atoms with Crippen LogP contribution >= 0.6 is 11.8 Å². The summed E-state index contributed by atoms with van der Waals surface area (Å²) in [5, 5.41) is 16.8. The number of primary amides is 1. The summed E-state index contributed by atoms with van der Waals surface area (Å²) in [6, 6.07) is -4.37. The van der Waals surface area contributed by atoms with Gasteiger partial charge in [0.2, 0.25) is 23.6 Å². The quantitative estimate of drug-likeness (QED) is 0.0526. The molecule has 0 heterocycles. The van der Waals surface area contributed by atoms with E-state index in [4.69, 9.17) is 22.9 Å². The summed E-state index contributed by atoms with van der Waals surface area (Å²) >= 11 is 1.45. The van der Waals surface area contributed by atoms with Crippen molar-refractivity contribution < 1.29 is 29.1 Å². The Labute approximate surface area is 215 Å². The highest BCUT2D eigenvalue weighted by atomic mass is 32.2. The van der Waals surface area contributed by atoms with Gasteiger partial charge in [0.05, 0.1) is 6.04 Å². The Morgan fingerprint density at radius 1 is 0.889 bits per heavy atom. The number of carbonyl (C=O) groups excluding carboxylic acids is 4. The first kappa shape index (κ1) is 32.9. The highest BCUT2D eigenvalue weighted by molar-refractivity contribution is 7.98. The Morgan fingerprint density at radius 2 is 1.44 bits per heavy atom. The number of nitrogens with zero attached hydrogens (tertiary/aromatic N) is 1.